The number of amides is 1. The molecule has 0 atom stereocenters. The van der Waals surface area contributed by atoms with Gasteiger partial charge in [0.25, 0.3) is 0 Å². The molecule has 1 saturated carbocycles. The molecular formula is C10H13F2N3O. The Balaban J connectivity index is 1.85. The quantitative estimate of drug-likeness (QED) is 0.800. The Morgan fingerprint density at radius 2 is 2.12 bits per heavy atom. The van der Waals surface area contributed by atoms with Crippen LogP contribution in [0.1, 0.15) is 25.7 Å². The maximum atomic E-state index is 12.9. The van der Waals surface area contributed by atoms with E-state index in [4.69, 9.17) is 0 Å². The lowest BCUT2D eigenvalue weighted by atomic mass is 9.92. The van der Waals surface area contributed by atoms with Crippen molar-refractivity contribution in [3.63, 3.8) is 0 Å². The number of hydrogen-bond donors (Lipinski definition) is 1. The van der Waals surface area contributed by atoms with E-state index >= 15 is 0 Å². The van der Waals surface area contributed by atoms with Crippen molar-refractivity contribution >= 4 is 6.03 Å². The van der Waals surface area contributed by atoms with E-state index in [0.717, 1.165) is 0 Å². The zero-order valence-electron chi connectivity index (χ0n) is 8.70. The Morgan fingerprint density at radius 1 is 1.44 bits per heavy atom. The van der Waals surface area contributed by atoms with E-state index in [1.165, 1.54) is 23.3 Å². The molecule has 0 saturated heterocycles. The summed E-state index contributed by atoms with van der Waals surface area (Å²) >= 11 is 0. The van der Waals surface area contributed by atoms with Crippen LogP contribution in [0, 0.1) is 0 Å². The number of imidazole rings is 1. The lowest BCUT2D eigenvalue weighted by molar-refractivity contribution is -0.0395. The fourth-order valence-corrected chi connectivity index (χ4v) is 1.81. The van der Waals surface area contributed by atoms with Gasteiger partial charge in [-0.15, -0.1) is 0 Å². The number of halogens is 2. The van der Waals surface area contributed by atoms with Gasteiger partial charge in [-0.1, -0.05) is 0 Å². The summed E-state index contributed by atoms with van der Waals surface area (Å²) in [6, 6.07) is -0.470. The minimum atomic E-state index is -2.56. The number of alkyl halides is 2. The average molecular weight is 229 g/mol. The molecule has 0 aromatic carbocycles. The molecule has 16 heavy (non-hydrogen) atoms. The first-order valence-electron chi connectivity index (χ1n) is 5.23. The first kappa shape index (κ1) is 11.0. The van der Waals surface area contributed by atoms with Crippen LogP contribution in [0.25, 0.3) is 0 Å². The molecule has 1 heterocycles. The summed E-state index contributed by atoms with van der Waals surface area (Å²) in [5.74, 6) is -2.56. The number of hydrogen-bond acceptors (Lipinski definition) is 2. The molecule has 1 N–H and O–H groups in total. The molecule has 88 valence electrons. The van der Waals surface area contributed by atoms with E-state index in [9.17, 15) is 13.6 Å². The highest BCUT2D eigenvalue weighted by molar-refractivity contribution is 5.76. The van der Waals surface area contributed by atoms with Gasteiger partial charge < -0.3 is 5.32 Å². The highest BCUT2D eigenvalue weighted by Gasteiger charge is 2.35. The Hall–Kier alpha value is -1.46. The largest absolute Gasteiger partial charge is 0.335 e. The lowest BCUT2D eigenvalue weighted by Crippen LogP contribution is -2.41. The van der Waals surface area contributed by atoms with E-state index < -0.39 is 5.92 Å². The van der Waals surface area contributed by atoms with Gasteiger partial charge in [0.2, 0.25) is 5.92 Å². The van der Waals surface area contributed by atoms with Gasteiger partial charge in [-0.25, -0.2) is 18.6 Å². The minimum absolute atomic E-state index is 0.151. The molecule has 0 aliphatic heterocycles. The molecule has 4 nitrogen and oxygen atoms in total. The Morgan fingerprint density at radius 3 is 2.69 bits per heavy atom. The molecule has 1 aliphatic carbocycles. The second-order valence-electron chi connectivity index (χ2n) is 4.05. The van der Waals surface area contributed by atoms with Crippen molar-refractivity contribution in [3.8, 4) is 0 Å². The Bertz CT molecular complexity index is 354. The van der Waals surface area contributed by atoms with Crippen molar-refractivity contribution < 1.29 is 13.6 Å². The van der Waals surface area contributed by atoms with Gasteiger partial charge in [-0.05, 0) is 12.8 Å². The monoisotopic (exact) mass is 229 g/mol. The van der Waals surface area contributed by atoms with Crippen LogP contribution in [0.5, 0.6) is 0 Å². The first-order valence-corrected chi connectivity index (χ1v) is 5.23. The average Bonchev–Trinajstić information content (AvgIpc) is 2.74. The minimum Gasteiger partial charge on any atom is -0.335 e. The van der Waals surface area contributed by atoms with Crippen molar-refractivity contribution in [1.29, 1.82) is 0 Å². The number of carbonyl (C=O) groups excluding carboxylic acids is 1. The van der Waals surface area contributed by atoms with Crippen LogP contribution < -0.4 is 5.32 Å². The molecule has 1 aromatic heterocycles. The van der Waals surface area contributed by atoms with Crippen LogP contribution in [-0.4, -0.2) is 27.5 Å². The van der Waals surface area contributed by atoms with Crippen molar-refractivity contribution in [2.75, 3.05) is 0 Å². The molecule has 0 bridgehead atoms. The Labute approximate surface area is 91.7 Å². The third-order valence-electron chi connectivity index (χ3n) is 2.78. The lowest BCUT2D eigenvalue weighted by Gasteiger charge is -2.28. The van der Waals surface area contributed by atoms with E-state index in [1.807, 2.05) is 0 Å². The second kappa shape index (κ2) is 4.19. The summed E-state index contributed by atoms with van der Waals surface area (Å²) in [4.78, 5) is 15.3. The van der Waals surface area contributed by atoms with Crippen LogP contribution in [-0.2, 0) is 0 Å². The fourth-order valence-electron chi connectivity index (χ4n) is 1.81. The molecule has 6 heteroatoms. The summed E-state index contributed by atoms with van der Waals surface area (Å²) in [7, 11) is 0. The molecule has 1 aliphatic rings. The van der Waals surface area contributed by atoms with E-state index in [-0.39, 0.29) is 24.9 Å². The predicted molar refractivity (Wildman–Crippen MR) is 53.4 cm³/mol. The molecule has 0 unspecified atom stereocenters. The number of nitrogens with zero attached hydrogens (tertiary/aromatic N) is 2. The molecule has 1 aromatic rings. The van der Waals surface area contributed by atoms with E-state index in [1.54, 1.807) is 0 Å². The van der Waals surface area contributed by atoms with Crippen molar-refractivity contribution in [2.45, 2.75) is 37.6 Å². The van der Waals surface area contributed by atoms with Gasteiger partial charge in [-0.2, -0.15) is 0 Å². The summed E-state index contributed by atoms with van der Waals surface area (Å²) in [6.45, 7) is 0. The van der Waals surface area contributed by atoms with Gasteiger partial charge in [0, 0.05) is 31.3 Å². The number of rotatable bonds is 1. The third kappa shape index (κ3) is 2.56. The van der Waals surface area contributed by atoms with Crippen LogP contribution in [0.15, 0.2) is 18.7 Å². The van der Waals surface area contributed by atoms with E-state index in [2.05, 4.69) is 10.3 Å². The number of nitrogens with one attached hydrogen (secondary N) is 1. The van der Waals surface area contributed by atoms with Gasteiger partial charge in [0.05, 0.1) is 0 Å². The van der Waals surface area contributed by atoms with Crippen LogP contribution >= 0.6 is 0 Å². The van der Waals surface area contributed by atoms with Crippen LogP contribution in [0.2, 0.25) is 0 Å². The molecule has 1 amide bonds. The SMILES string of the molecule is O=C(NC1CCC(F)(F)CC1)n1ccnc1. The van der Waals surface area contributed by atoms with Crippen molar-refractivity contribution in [3.05, 3.63) is 18.7 Å². The van der Waals surface area contributed by atoms with Crippen LogP contribution in [0.4, 0.5) is 13.6 Å². The highest BCUT2D eigenvalue weighted by Crippen LogP contribution is 2.32. The molecular weight excluding hydrogens is 216 g/mol. The van der Waals surface area contributed by atoms with Gasteiger partial charge >= 0.3 is 6.03 Å². The zero-order valence-corrected chi connectivity index (χ0v) is 8.70. The molecule has 1 fully saturated rings. The van der Waals surface area contributed by atoms with Gasteiger partial charge in [0.1, 0.15) is 6.33 Å². The normalized spacial score (nSPS) is 20.6. The first-order chi connectivity index (χ1) is 7.57. The summed E-state index contributed by atoms with van der Waals surface area (Å²) in [6.07, 6.45) is 4.75. The summed E-state index contributed by atoms with van der Waals surface area (Å²) in [5.41, 5.74) is 0. The van der Waals surface area contributed by atoms with Gasteiger partial charge in [-0.3, -0.25) is 4.57 Å². The Kier molecular flexibility index (Phi) is 2.89. The third-order valence-corrected chi connectivity index (χ3v) is 2.78. The molecule has 0 radical (unpaired) electrons. The standard InChI is InChI=1S/C10H13F2N3O/c11-10(12)3-1-8(2-4-10)14-9(16)15-6-5-13-7-15/h5-8H,1-4H2,(H,14,16). The van der Waals surface area contributed by atoms with E-state index in [0.29, 0.717) is 12.8 Å². The zero-order chi connectivity index (χ0) is 11.6. The topological polar surface area (TPSA) is 46.9 Å². The van der Waals surface area contributed by atoms with Crippen molar-refractivity contribution in [2.24, 2.45) is 0 Å². The smallest absolute Gasteiger partial charge is 0.327 e. The van der Waals surface area contributed by atoms with Crippen molar-refractivity contribution in [1.82, 2.24) is 14.9 Å². The number of aromatic nitrogens is 2. The molecule has 2 rings (SSSR count). The van der Waals surface area contributed by atoms with Gasteiger partial charge in [0.15, 0.2) is 0 Å². The fraction of sp³-hybridized carbons (Fsp3) is 0.600. The highest BCUT2D eigenvalue weighted by atomic mass is 19.3. The maximum Gasteiger partial charge on any atom is 0.327 e. The molecule has 0 spiro atoms. The predicted octanol–water partition coefficient (Wildman–Crippen LogP) is 2.02. The maximum absolute atomic E-state index is 12.9. The van der Waals surface area contributed by atoms with Crippen LogP contribution in [0.3, 0.4) is 0 Å². The summed E-state index contributed by atoms with van der Waals surface area (Å²) < 4.78 is 27.0. The summed E-state index contributed by atoms with van der Waals surface area (Å²) in [5, 5.41) is 2.71. The number of carbonyl (C=O) groups is 1. The second-order valence-corrected chi connectivity index (χ2v) is 4.05.